The number of hydrogen-bond acceptors (Lipinski definition) is 5. The van der Waals surface area contributed by atoms with Crippen molar-refractivity contribution in [3.8, 4) is 0 Å². The van der Waals surface area contributed by atoms with Gasteiger partial charge in [-0.15, -0.1) is 10.2 Å². The molecular formula is C19H19FN4O2S. The van der Waals surface area contributed by atoms with E-state index in [0.717, 1.165) is 22.9 Å². The van der Waals surface area contributed by atoms with Gasteiger partial charge in [0, 0.05) is 5.69 Å². The number of nitrogens with one attached hydrogen (secondary N) is 2. The number of aryl methyl sites for hydroxylation is 3. The first-order chi connectivity index (χ1) is 12.7. The Morgan fingerprint density at radius 3 is 2.07 bits per heavy atom. The highest BCUT2D eigenvalue weighted by molar-refractivity contribution is 7.92. The smallest absolute Gasteiger partial charge is 0.263 e. The maximum absolute atomic E-state index is 13.3. The SMILES string of the molecule is Cc1cc(C)cc(Nc2ccc(NS(=O)(=O)c3ccc(F)c(C)c3)nn2)c1. The van der Waals surface area contributed by atoms with E-state index in [2.05, 4.69) is 26.3 Å². The molecule has 1 aromatic heterocycles. The van der Waals surface area contributed by atoms with E-state index in [-0.39, 0.29) is 16.3 Å². The van der Waals surface area contributed by atoms with E-state index in [1.807, 2.05) is 26.0 Å². The molecule has 1 heterocycles. The summed E-state index contributed by atoms with van der Waals surface area (Å²) >= 11 is 0. The lowest BCUT2D eigenvalue weighted by atomic mass is 10.1. The van der Waals surface area contributed by atoms with Crippen LogP contribution in [0, 0.1) is 26.6 Å². The molecule has 0 saturated carbocycles. The number of anilines is 3. The van der Waals surface area contributed by atoms with Crippen LogP contribution in [0.5, 0.6) is 0 Å². The zero-order valence-corrected chi connectivity index (χ0v) is 15.9. The number of sulfonamides is 1. The van der Waals surface area contributed by atoms with Crippen molar-refractivity contribution in [3.63, 3.8) is 0 Å². The molecule has 0 aliphatic heterocycles. The number of hydrogen-bond donors (Lipinski definition) is 2. The van der Waals surface area contributed by atoms with Gasteiger partial charge >= 0.3 is 0 Å². The summed E-state index contributed by atoms with van der Waals surface area (Å²) in [6, 6.07) is 12.7. The van der Waals surface area contributed by atoms with Crippen molar-refractivity contribution in [1.29, 1.82) is 0 Å². The van der Waals surface area contributed by atoms with Gasteiger partial charge in [0.1, 0.15) is 5.82 Å². The molecule has 0 aliphatic rings. The molecule has 0 amide bonds. The van der Waals surface area contributed by atoms with Gasteiger partial charge in [-0.1, -0.05) is 6.07 Å². The maximum atomic E-state index is 13.3. The molecule has 2 N–H and O–H groups in total. The number of benzene rings is 2. The molecule has 8 heteroatoms. The third kappa shape index (κ3) is 4.59. The van der Waals surface area contributed by atoms with Crippen LogP contribution in [0.4, 0.5) is 21.7 Å². The third-order valence-corrected chi connectivity index (χ3v) is 5.19. The van der Waals surface area contributed by atoms with E-state index in [1.165, 1.54) is 25.1 Å². The Bertz CT molecular complexity index is 1060. The van der Waals surface area contributed by atoms with Gasteiger partial charge in [0.25, 0.3) is 10.0 Å². The van der Waals surface area contributed by atoms with E-state index < -0.39 is 15.8 Å². The van der Waals surface area contributed by atoms with Crippen molar-refractivity contribution in [2.45, 2.75) is 25.7 Å². The fourth-order valence-electron chi connectivity index (χ4n) is 2.63. The Labute approximate surface area is 157 Å². The van der Waals surface area contributed by atoms with E-state index in [9.17, 15) is 12.8 Å². The summed E-state index contributed by atoms with van der Waals surface area (Å²) in [5.74, 6) is 0.0964. The quantitative estimate of drug-likeness (QED) is 0.690. The zero-order valence-electron chi connectivity index (χ0n) is 15.1. The van der Waals surface area contributed by atoms with Crippen LogP contribution < -0.4 is 10.0 Å². The van der Waals surface area contributed by atoms with E-state index in [0.29, 0.717) is 5.82 Å². The molecule has 0 saturated heterocycles. The largest absolute Gasteiger partial charge is 0.339 e. The van der Waals surface area contributed by atoms with E-state index in [1.54, 1.807) is 6.07 Å². The summed E-state index contributed by atoms with van der Waals surface area (Å²) < 4.78 is 40.5. The van der Waals surface area contributed by atoms with Crippen LogP contribution in [0.15, 0.2) is 53.4 Å². The van der Waals surface area contributed by atoms with Crippen LogP contribution in [-0.2, 0) is 10.0 Å². The minimum Gasteiger partial charge on any atom is -0.339 e. The van der Waals surface area contributed by atoms with Crippen LogP contribution in [-0.4, -0.2) is 18.6 Å². The van der Waals surface area contributed by atoms with Gasteiger partial charge in [-0.2, -0.15) is 0 Å². The van der Waals surface area contributed by atoms with Crippen LogP contribution in [0.3, 0.4) is 0 Å². The maximum Gasteiger partial charge on any atom is 0.263 e. The summed E-state index contributed by atoms with van der Waals surface area (Å²) in [7, 11) is -3.88. The summed E-state index contributed by atoms with van der Waals surface area (Å²) in [4.78, 5) is -0.0411. The third-order valence-electron chi connectivity index (χ3n) is 3.84. The minimum absolute atomic E-state index is 0.0411. The normalized spacial score (nSPS) is 11.3. The first-order valence-electron chi connectivity index (χ1n) is 8.21. The van der Waals surface area contributed by atoms with Gasteiger partial charge in [-0.05, 0) is 79.9 Å². The number of aromatic nitrogens is 2. The van der Waals surface area contributed by atoms with Crippen LogP contribution in [0.2, 0.25) is 0 Å². The van der Waals surface area contributed by atoms with Crippen molar-refractivity contribution in [3.05, 3.63) is 71.0 Å². The Hall–Kier alpha value is -3.00. The fraction of sp³-hybridized carbons (Fsp3) is 0.158. The summed E-state index contributed by atoms with van der Waals surface area (Å²) in [5.41, 5.74) is 3.35. The lowest BCUT2D eigenvalue weighted by Crippen LogP contribution is -2.14. The molecule has 0 atom stereocenters. The lowest BCUT2D eigenvalue weighted by molar-refractivity contribution is 0.598. The lowest BCUT2D eigenvalue weighted by Gasteiger charge is -2.10. The highest BCUT2D eigenvalue weighted by Gasteiger charge is 2.16. The molecule has 27 heavy (non-hydrogen) atoms. The minimum atomic E-state index is -3.88. The second-order valence-electron chi connectivity index (χ2n) is 6.32. The Morgan fingerprint density at radius 1 is 0.852 bits per heavy atom. The van der Waals surface area contributed by atoms with Gasteiger partial charge in [-0.25, -0.2) is 12.8 Å². The van der Waals surface area contributed by atoms with Crippen LogP contribution in [0.25, 0.3) is 0 Å². The average molecular weight is 386 g/mol. The van der Waals surface area contributed by atoms with Gasteiger partial charge < -0.3 is 5.32 Å². The molecule has 0 bridgehead atoms. The van der Waals surface area contributed by atoms with Crippen molar-refractivity contribution in [2.75, 3.05) is 10.0 Å². The first kappa shape index (κ1) is 18.8. The van der Waals surface area contributed by atoms with Gasteiger partial charge in [0.15, 0.2) is 11.6 Å². The fourth-order valence-corrected chi connectivity index (χ4v) is 3.71. The van der Waals surface area contributed by atoms with Gasteiger partial charge in [0.05, 0.1) is 4.90 Å². The molecule has 0 aliphatic carbocycles. The number of rotatable bonds is 5. The molecule has 6 nitrogen and oxygen atoms in total. The summed E-state index contributed by atoms with van der Waals surface area (Å²) in [5, 5.41) is 11.0. The highest BCUT2D eigenvalue weighted by atomic mass is 32.2. The topological polar surface area (TPSA) is 84.0 Å². The van der Waals surface area contributed by atoms with Gasteiger partial charge in [0.2, 0.25) is 0 Å². The second-order valence-corrected chi connectivity index (χ2v) is 8.00. The summed E-state index contributed by atoms with van der Waals surface area (Å²) in [6.45, 7) is 5.50. The van der Waals surface area contributed by atoms with Crippen molar-refractivity contribution in [2.24, 2.45) is 0 Å². The van der Waals surface area contributed by atoms with Crippen LogP contribution >= 0.6 is 0 Å². The molecule has 2 aromatic carbocycles. The van der Waals surface area contributed by atoms with E-state index >= 15 is 0 Å². The molecule has 0 unspecified atom stereocenters. The molecule has 0 fully saturated rings. The molecule has 0 radical (unpaired) electrons. The van der Waals surface area contributed by atoms with Crippen molar-refractivity contribution >= 4 is 27.3 Å². The second kappa shape index (κ2) is 7.32. The Kier molecular flexibility index (Phi) is 5.09. The molecule has 3 aromatic rings. The molecule has 140 valence electrons. The van der Waals surface area contributed by atoms with Gasteiger partial charge in [-0.3, -0.25) is 4.72 Å². The van der Waals surface area contributed by atoms with Crippen molar-refractivity contribution < 1.29 is 12.8 Å². The zero-order chi connectivity index (χ0) is 19.6. The average Bonchev–Trinajstić information content (AvgIpc) is 2.58. The standard InChI is InChI=1S/C19H19FN4O2S/c1-12-8-13(2)10-15(9-12)21-18-6-7-19(23-22-18)24-27(25,26)16-4-5-17(20)14(3)11-16/h4-11H,1-3H3,(H,21,22)(H,23,24). The monoisotopic (exact) mass is 386 g/mol. The molecule has 3 rings (SSSR count). The number of halogens is 1. The Morgan fingerprint density at radius 2 is 1.48 bits per heavy atom. The predicted molar refractivity (Wildman–Crippen MR) is 103 cm³/mol. The highest BCUT2D eigenvalue weighted by Crippen LogP contribution is 2.20. The van der Waals surface area contributed by atoms with Crippen molar-refractivity contribution in [1.82, 2.24) is 10.2 Å². The summed E-state index contributed by atoms with van der Waals surface area (Å²) in [6.07, 6.45) is 0. The Balaban J connectivity index is 1.76. The molecule has 0 spiro atoms. The van der Waals surface area contributed by atoms with E-state index in [4.69, 9.17) is 0 Å². The first-order valence-corrected chi connectivity index (χ1v) is 9.69. The number of nitrogens with zero attached hydrogens (tertiary/aromatic N) is 2. The van der Waals surface area contributed by atoms with Crippen LogP contribution in [0.1, 0.15) is 16.7 Å². The predicted octanol–water partition coefficient (Wildman–Crippen LogP) is 4.09. The molecular weight excluding hydrogens is 367 g/mol.